The van der Waals surface area contributed by atoms with Crippen molar-refractivity contribution in [3.8, 4) is 0 Å². The van der Waals surface area contributed by atoms with E-state index >= 15 is 0 Å². The van der Waals surface area contributed by atoms with Gasteiger partial charge in [0.1, 0.15) is 0 Å². The lowest BCUT2D eigenvalue weighted by atomic mass is 9.98. The average Bonchev–Trinajstić information content (AvgIpc) is 2.62. The lowest BCUT2D eigenvalue weighted by molar-refractivity contribution is -0.125. The fraction of sp³-hybridized carbons (Fsp3) is 0.100. The molecular formula is C20H15NO3. The van der Waals surface area contributed by atoms with Crippen LogP contribution < -0.4 is 5.32 Å². The first-order chi connectivity index (χ1) is 11.7. The number of cyclic esters (lactones) is 1. The number of rotatable bonds is 2. The second kappa shape index (κ2) is 5.81. The number of hydrogen-bond acceptors (Lipinski definition) is 3. The first kappa shape index (κ1) is 14.5. The third-order valence-corrected chi connectivity index (χ3v) is 4.23. The first-order valence-corrected chi connectivity index (χ1v) is 7.80. The maximum Gasteiger partial charge on any atom is 0.339 e. The lowest BCUT2D eigenvalue weighted by Crippen LogP contribution is -2.38. The zero-order valence-corrected chi connectivity index (χ0v) is 12.9. The summed E-state index contributed by atoms with van der Waals surface area (Å²) < 4.78 is 5.31. The van der Waals surface area contributed by atoms with E-state index in [1.54, 1.807) is 12.1 Å². The Morgan fingerprint density at radius 1 is 0.958 bits per heavy atom. The van der Waals surface area contributed by atoms with Crippen LogP contribution in [0.15, 0.2) is 66.7 Å². The monoisotopic (exact) mass is 317 g/mol. The van der Waals surface area contributed by atoms with Crippen molar-refractivity contribution in [2.75, 3.05) is 5.32 Å². The number of hydrogen-bond donors (Lipinski definition) is 1. The van der Waals surface area contributed by atoms with Gasteiger partial charge >= 0.3 is 5.97 Å². The number of nitrogens with one attached hydrogen (secondary N) is 1. The van der Waals surface area contributed by atoms with Crippen molar-refractivity contribution in [3.05, 3.63) is 77.9 Å². The van der Waals surface area contributed by atoms with Gasteiger partial charge in [0.05, 0.1) is 5.56 Å². The Labute approximate surface area is 139 Å². The van der Waals surface area contributed by atoms with Crippen molar-refractivity contribution in [2.45, 2.75) is 12.5 Å². The molecule has 0 aliphatic carbocycles. The van der Waals surface area contributed by atoms with Crippen LogP contribution in [-0.2, 0) is 16.0 Å². The molecule has 0 radical (unpaired) electrons. The third kappa shape index (κ3) is 2.52. The Bertz CT molecular complexity index is 943. The highest BCUT2D eigenvalue weighted by Crippen LogP contribution is 2.25. The first-order valence-electron chi connectivity index (χ1n) is 7.80. The van der Waals surface area contributed by atoms with E-state index in [9.17, 15) is 9.59 Å². The van der Waals surface area contributed by atoms with Gasteiger partial charge in [-0.3, -0.25) is 4.79 Å². The van der Waals surface area contributed by atoms with Gasteiger partial charge in [-0.2, -0.15) is 0 Å². The number of ether oxygens (including phenoxy) is 1. The predicted molar refractivity (Wildman–Crippen MR) is 91.9 cm³/mol. The van der Waals surface area contributed by atoms with Gasteiger partial charge in [0.25, 0.3) is 5.91 Å². The minimum Gasteiger partial charge on any atom is -0.448 e. The van der Waals surface area contributed by atoms with E-state index in [0.717, 1.165) is 16.3 Å². The molecule has 1 atom stereocenters. The molecule has 0 saturated carbocycles. The van der Waals surface area contributed by atoms with Crippen molar-refractivity contribution < 1.29 is 14.3 Å². The van der Waals surface area contributed by atoms with Crippen LogP contribution in [0.3, 0.4) is 0 Å². The molecule has 1 heterocycles. The molecule has 0 fully saturated rings. The zero-order valence-electron chi connectivity index (χ0n) is 12.9. The van der Waals surface area contributed by atoms with Crippen molar-refractivity contribution >= 4 is 28.3 Å². The molecule has 1 aliphatic heterocycles. The summed E-state index contributed by atoms with van der Waals surface area (Å²) in [6.07, 6.45) is -0.426. The van der Waals surface area contributed by atoms with E-state index in [-0.39, 0.29) is 5.91 Å². The van der Waals surface area contributed by atoms with Crippen LogP contribution in [0.2, 0.25) is 0 Å². The van der Waals surface area contributed by atoms with Gasteiger partial charge in [-0.25, -0.2) is 4.79 Å². The standard InChI is InChI=1S/C20H15NO3/c22-19(18-12-14-7-2-4-10-16(14)20(23)24-18)21-17-11-5-8-13-6-1-3-9-15(13)17/h1-11,18H,12H2,(H,21,22). The lowest BCUT2D eigenvalue weighted by Gasteiger charge is -2.24. The number of carbonyl (C=O) groups excluding carboxylic acids is 2. The number of amides is 1. The molecule has 1 unspecified atom stereocenters. The number of fused-ring (bicyclic) bond motifs is 2. The van der Waals surface area contributed by atoms with Crippen LogP contribution in [-0.4, -0.2) is 18.0 Å². The third-order valence-electron chi connectivity index (χ3n) is 4.23. The topological polar surface area (TPSA) is 55.4 Å². The van der Waals surface area contributed by atoms with Crippen molar-refractivity contribution in [3.63, 3.8) is 0 Å². The van der Waals surface area contributed by atoms with Gasteiger partial charge in [0.15, 0.2) is 6.10 Å². The molecule has 0 spiro atoms. The maximum absolute atomic E-state index is 12.6. The highest BCUT2D eigenvalue weighted by molar-refractivity contribution is 6.05. The molecule has 3 aromatic carbocycles. The molecule has 4 nitrogen and oxygen atoms in total. The van der Waals surface area contributed by atoms with Crippen LogP contribution in [0.25, 0.3) is 10.8 Å². The quantitative estimate of drug-likeness (QED) is 0.735. The summed E-state index contributed by atoms with van der Waals surface area (Å²) in [4.78, 5) is 24.6. The molecule has 0 aromatic heterocycles. The van der Waals surface area contributed by atoms with E-state index < -0.39 is 12.1 Å². The molecule has 24 heavy (non-hydrogen) atoms. The Hall–Kier alpha value is -3.14. The SMILES string of the molecule is O=C1OC(C(=O)Nc2cccc3ccccc23)Cc2ccccc21. The molecule has 3 aromatic rings. The number of benzene rings is 3. The molecule has 1 N–H and O–H groups in total. The van der Waals surface area contributed by atoms with Crippen molar-refractivity contribution in [2.24, 2.45) is 0 Å². The Morgan fingerprint density at radius 3 is 2.62 bits per heavy atom. The van der Waals surface area contributed by atoms with Crippen LogP contribution in [0.1, 0.15) is 15.9 Å². The predicted octanol–water partition coefficient (Wildman–Crippen LogP) is 3.56. The zero-order chi connectivity index (χ0) is 16.5. The molecule has 118 valence electrons. The van der Waals surface area contributed by atoms with E-state index in [0.29, 0.717) is 17.7 Å². The highest BCUT2D eigenvalue weighted by Gasteiger charge is 2.31. The summed E-state index contributed by atoms with van der Waals surface area (Å²) in [6.45, 7) is 0. The van der Waals surface area contributed by atoms with Gasteiger partial charge < -0.3 is 10.1 Å². The Morgan fingerprint density at radius 2 is 1.71 bits per heavy atom. The molecule has 1 aliphatic rings. The normalized spacial score (nSPS) is 16.3. The molecule has 0 saturated heterocycles. The minimum atomic E-state index is -0.814. The van der Waals surface area contributed by atoms with Crippen LogP contribution in [0.4, 0.5) is 5.69 Å². The number of anilines is 1. The largest absolute Gasteiger partial charge is 0.448 e. The van der Waals surface area contributed by atoms with Crippen LogP contribution in [0, 0.1) is 0 Å². The van der Waals surface area contributed by atoms with Crippen LogP contribution >= 0.6 is 0 Å². The summed E-state index contributed by atoms with van der Waals surface area (Å²) in [6, 6.07) is 20.8. The molecule has 4 rings (SSSR count). The summed E-state index contributed by atoms with van der Waals surface area (Å²) in [7, 11) is 0. The summed E-state index contributed by atoms with van der Waals surface area (Å²) >= 11 is 0. The fourth-order valence-corrected chi connectivity index (χ4v) is 3.03. The molecular weight excluding hydrogens is 302 g/mol. The summed E-state index contributed by atoms with van der Waals surface area (Å²) in [5, 5.41) is 4.89. The Kier molecular flexibility index (Phi) is 3.50. The van der Waals surface area contributed by atoms with Gasteiger partial charge in [0.2, 0.25) is 0 Å². The van der Waals surface area contributed by atoms with E-state index in [1.807, 2.05) is 54.6 Å². The van der Waals surface area contributed by atoms with Gasteiger partial charge in [-0.05, 0) is 23.1 Å². The highest BCUT2D eigenvalue weighted by atomic mass is 16.5. The van der Waals surface area contributed by atoms with E-state index in [2.05, 4.69) is 5.32 Å². The smallest absolute Gasteiger partial charge is 0.339 e. The van der Waals surface area contributed by atoms with Gasteiger partial charge in [0, 0.05) is 17.5 Å². The maximum atomic E-state index is 12.6. The van der Waals surface area contributed by atoms with Gasteiger partial charge in [-0.15, -0.1) is 0 Å². The average molecular weight is 317 g/mol. The second-order valence-corrected chi connectivity index (χ2v) is 5.77. The molecule has 4 heteroatoms. The summed E-state index contributed by atoms with van der Waals surface area (Å²) in [5.41, 5.74) is 2.09. The van der Waals surface area contributed by atoms with E-state index in [4.69, 9.17) is 4.74 Å². The van der Waals surface area contributed by atoms with Gasteiger partial charge in [-0.1, -0.05) is 54.6 Å². The number of esters is 1. The Balaban J connectivity index is 1.60. The minimum absolute atomic E-state index is 0.311. The number of carbonyl (C=O) groups is 2. The second-order valence-electron chi connectivity index (χ2n) is 5.77. The van der Waals surface area contributed by atoms with Crippen molar-refractivity contribution in [1.82, 2.24) is 0 Å². The van der Waals surface area contributed by atoms with Crippen molar-refractivity contribution in [1.29, 1.82) is 0 Å². The molecule has 1 amide bonds. The fourth-order valence-electron chi connectivity index (χ4n) is 3.03. The van der Waals surface area contributed by atoms with Crippen LogP contribution in [0.5, 0.6) is 0 Å². The summed E-state index contributed by atoms with van der Waals surface area (Å²) in [5.74, 6) is -0.760. The van der Waals surface area contributed by atoms with E-state index in [1.165, 1.54) is 0 Å². The molecule has 0 bridgehead atoms.